The Morgan fingerprint density at radius 1 is 1.30 bits per heavy atom. The van der Waals surface area contributed by atoms with Crippen LogP contribution in [0.3, 0.4) is 0 Å². The van der Waals surface area contributed by atoms with Crippen molar-refractivity contribution < 1.29 is 13.9 Å². The van der Waals surface area contributed by atoms with Crippen molar-refractivity contribution in [3.63, 3.8) is 0 Å². The summed E-state index contributed by atoms with van der Waals surface area (Å²) in [6, 6.07) is 6.02. The molecule has 0 unspecified atom stereocenters. The zero-order chi connectivity index (χ0) is 16.8. The van der Waals surface area contributed by atoms with E-state index in [4.69, 9.17) is 4.74 Å². The fraction of sp³-hybridized carbons (Fsp3) is 0.412. The molecule has 0 saturated carbocycles. The zero-order valence-corrected chi connectivity index (χ0v) is 13.7. The van der Waals surface area contributed by atoms with Crippen molar-refractivity contribution in [1.82, 2.24) is 15.1 Å². The molecule has 0 fully saturated rings. The third-order valence-electron chi connectivity index (χ3n) is 3.54. The first-order chi connectivity index (χ1) is 11.0. The fourth-order valence-corrected chi connectivity index (χ4v) is 2.41. The van der Waals surface area contributed by atoms with Gasteiger partial charge in [0.25, 0.3) is 5.91 Å². The molecule has 0 aliphatic rings. The predicted octanol–water partition coefficient (Wildman–Crippen LogP) is 2.78. The Bertz CT molecular complexity index is 665. The van der Waals surface area contributed by atoms with Crippen LogP contribution in [0.2, 0.25) is 0 Å². The molecule has 0 aliphatic heterocycles. The van der Waals surface area contributed by atoms with Crippen LogP contribution in [-0.2, 0) is 4.74 Å². The number of amides is 1. The van der Waals surface area contributed by atoms with Gasteiger partial charge in [0.15, 0.2) is 0 Å². The molecule has 1 aromatic heterocycles. The normalized spacial score (nSPS) is 10.8. The van der Waals surface area contributed by atoms with E-state index in [1.54, 1.807) is 23.7 Å². The molecule has 1 N–H and O–H groups in total. The molecule has 0 bridgehead atoms. The number of benzene rings is 1. The minimum absolute atomic E-state index is 0.148. The minimum atomic E-state index is -0.303. The van der Waals surface area contributed by atoms with Crippen LogP contribution in [0.25, 0.3) is 5.69 Å². The van der Waals surface area contributed by atoms with Gasteiger partial charge in [-0.05, 0) is 51.5 Å². The van der Waals surface area contributed by atoms with Crippen molar-refractivity contribution in [2.45, 2.75) is 27.2 Å². The van der Waals surface area contributed by atoms with Gasteiger partial charge in [-0.25, -0.2) is 9.07 Å². The summed E-state index contributed by atoms with van der Waals surface area (Å²) in [6.07, 6.45) is 0.768. The number of hydrogen-bond acceptors (Lipinski definition) is 3. The summed E-state index contributed by atoms with van der Waals surface area (Å²) in [7, 11) is 0. The first-order valence-corrected chi connectivity index (χ1v) is 7.72. The van der Waals surface area contributed by atoms with Crippen LogP contribution in [0.15, 0.2) is 24.3 Å². The van der Waals surface area contributed by atoms with E-state index in [1.165, 1.54) is 12.1 Å². The molecule has 0 aliphatic carbocycles. The second kappa shape index (κ2) is 7.87. The number of nitrogens with zero attached hydrogens (tertiary/aromatic N) is 2. The molecule has 0 radical (unpaired) electrons. The maximum atomic E-state index is 13.0. The summed E-state index contributed by atoms with van der Waals surface area (Å²) in [6.45, 7) is 7.43. The summed E-state index contributed by atoms with van der Waals surface area (Å²) >= 11 is 0. The van der Waals surface area contributed by atoms with Crippen molar-refractivity contribution in [3.05, 3.63) is 47.0 Å². The van der Waals surface area contributed by atoms with Crippen molar-refractivity contribution >= 4 is 5.91 Å². The first-order valence-electron chi connectivity index (χ1n) is 7.72. The van der Waals surface area contributed by atoms with Crippen LogP contribution < -0.4 is 5.32 Å². The van der Waals surface area contributed by atoms with E-state index >= 15 is 0 Å². The van der Waals surface area contributed by atoms with Crippen LogP contribution in [-0.4, -0.2) is 35.4 Å². The molecular weight excluding hydrogens is 297 g/mol. The van der Waals surface area contributed by atoms with Gasteiger partial charge in [-0.1, -0.05) is 0 Å². The lowest BCUT2D eigenvalue weighted by molar-refractivity contribution is 0.0943. The van der Waals surface area contributed by atoms with Gasteiger partial charge in [0.2, 0.25) is 0 Å². The van der Waals surface area contributed by atoms with Crippen molar-refractivity contribution in [3.8, 4) is 5.69 Å². The summed E-state index contributed by atoms with van der Waals surface area (Å²) in [5.74, 6) is -0.451. The van der Waals surface area contributed by atoms with Gasteiger partial charge in [-0.15, -0.1) is 0 Å². The Morgan fingerprint density at radius 3 is 2.65 bits per heavy atom. The molecule has 2 rings (SSSR count). The number of aromatic nitrogens is 2. The molecule has 1 aromatic carbocycles. The van der Waals surface area contributed by atoms with Crippen molar-refractivity contribution in [2.75, 3.05) is 19.8 Å². The third kappa shape index (κ3) is 4.16. The van der Waals surface area contributed by atoms with E-state index in [0.29, 0.717) is 31.0 Å². The van der Waals surface area contributed by atoms with E-state index in [0.717, 1.165) is 17.8 Å². The van der Waals surface area contributed by atoms with Crippen molar-refractivity contribution in [2.24, 2.45) is 0 Å². The van der Waals surface area contributed by atoms with Gasteiger partial charge in [0.05, 0.1) is 22.6 Å². The highest BCUT2D eigenvalue weighted by atomic mass is 19.1. The second-order valence-electron chi connectivity index (χ2n) is 5.24. The van der Waals surface area contributed by atoms with Gasteiger partial charge in [-0.2, -0.15) is 5.10 Å². The molecule has 1 heterocycles. The first kappa shape index (κ1) is 17.1. The van der Waals surface area contributed by atoms with Gasteiger partial charge in [0, 0.05) is 19.8 Å². The molecule has 23 heavy (non-hydrogen) atoms. The van der Waals surface area contributed by atoms with E-state index in [9.17, 15) is 9.18 Å². The van der Waals surface area contributed by atoms with Gasteiger partial charge >= 0.3 is 0 Å². The Morgan fingerprint density at radius 2 is 2.00 bits per heavy atom. The molecule has 0 saturated heterocycles. The number of carbonyl (C=O) groups excluding carboxylic acids is 1. The molecule has 0 spiro atoms. The number of nitrogens with one attached hydrogen (secondary N) is 1. The Hall–Kier alpha value is -2.21. The SMILES string of the molecule is CCOCCCNC(=O)c1c(C)nn(-c2ccc(F)cc2)c1C. The summed E-state index contributed by atoms with van der Waals surface area (Å²) in [4.78, 5) is 12.4. The predicted molar refractivity (Wildman–Crippen MR) is 86.4 cm³/mol. The average Bonchev–Trinajstić information content (AvgIpc) is 2.82. The largest absolute Gasteiger partial charge is 0.382 e. The molecule has 5 nitrogen and oxygen atoms in total. The number of rotatable bonds is 7. The Labute approximate surface area is 135 Å². The highest BCUT2D eigenvalue weighted by Crippen LogP contribution is 2.18. The molecular formula is C17H22FN3O2. The lowest BCUT2D eigenvalue weighted by atomic mass is 10.2. The van der Waals surface area contributed by atoms with E-state index in [1.807, 2.05) is 13.8 Å². The number of halogens is 1. The molecule has 2 aromatic rings. The number of aryl methyl sites for hydroxylation is 1. The Kier molecular flexibility index (Phi) is 5.87. The molecule has 1 amide bonds. The van der Waals surface area contributed by atoms with Crippen LogP contribution in [0, 0.1) is 19.7 Å². The highest BCUT2D eigenvalue weighted by Gasteiger charge is 2.19. The number of ether oxygens (including phenoxy) is 1. The summed E-state index contributed by atoms with van der Waals surface area (Å²) in [5.41, 5.74) is 2.67. The van der Waals surface area contributed by atoms with Crippen LogP contribution in [0.5, 0.6) is 0 Å². The lowest BCUT2D eigenvalue weighted by Crippen LogP contribution is -2.26. The highest BCUT2D eigenvalue weighted by molar-refractivity contribution is 5.96. The maximum absolute atomic E-state index is 13.0. The van der Waals surface area contributed by atoms with E-state index in [2.05, 4.69) is 10.4 Å². The van der Waals surface area contributed by atoms with Gasteiger partial charge in [0.1, 0.15) is 5.82 Å². The molecule has 0 atom stereocenters. The van der Waals surface area contributed by atoms with Gasteiger partial charge in [-0.3, -0.25) is 4.79 Å². The van der Waals surface area contributed by atoms with E-state index < -0.39 is 0 Å². The number of carbonyl (C=O) groups is 1. The van der Waals surface area contributed by atoms with Gasteiger partial charge < -0.3 is 10.1 Å². The standard InChI is InChI=1S/C17H22FN3O2/c1-4-23-11-5-10-19-17(22)16-12(2)20-21(13(16)3)15-8-6-14(18)7-9-15/h6-9H,4-5,10-11H2,1-3H3,(H,19,22). The minimum Gasteiger partial charge on any atom is -0.382 e. The average molecular weight is 319 g/mol. The quantitative estimate of drug-likeness (QED) is 0.798. The van der Waals surface area contributed by atoms with Crippen molar-refractivity contribution in [1.29, 1.82) is 0 Å². The molecule has 6 heteroatoms. The lowest BCUT2D eigenvalue weighted by Gasteiger charge is -2.07. The number of hydrogen-bond donors (Lipinski definition) is 1. The zero-order valence-electron chi connectivity index (χ0n) is 13.7. The van der Waals surface area contributed by atoms with E-state index in [-0.39, 0.29) is 11.7 Å². The summed E-state index contributed by atoms with van der Waals surface area (Å²) in [5, 5.41) is 7.28. The fourth-order valence-electron chi connectivity index (χ4n) is 2.41. The molecule has 124 valence electrons. The monoisotopic (exact) mass is 319 g/mol. The maximum Gasteiger partial charge on any atom is 0.255 e. The second-order valence-corrected chi connectivity index (χ2v) is 5.24. The smallest absolute Gasteiger partial charge is 0.255 e. The third-order valence-corrected chi connectivity index (χ3v) is 3.54. The summed E-state index contributed by atoms with van der Waals surface area (Å²) < 4.78 is 19.9. The Balaban J connectivity index is 2.11. The van der Waals surface area contributed by atoms with Crippen LogP contribution >= 0.6 is 0 Å². The van der Waals surface area contributed by atoms with Crippen LogP contribution in [0.1, 0.15) is 35.1 Å². The van der Waals surface area contributed by atoms with Crippen LogP contribution in [0.4, 0.5) is 4.39 Å². The topological polar surface area (TPSA) is 56.1 Å².